The van der Waals surface area contributed by atoms with Gasteiger partial charge in [0.05, 0.1) is 13.7 Å². The Balaban J connectivity index is 1.77. The maximum absolute atomic E-state index is 14.8. The van der Waals surface area contributed by atoms with Crippen LogP contribution in [0.5, 0.6) is 5.75 Å². The van der Waals surface area contributed by atoms with Crippen molar-refractivity contribution in [3.05, 3.63) is 81.9 Å². The quantitative estimate of drug-likeness (QED) is 0.573. The molecule has 0 bridgehead atoms. The van der Waals surface area contributed by atoms with Gasteiger partial charge in [0.15, 0.2) is 17.0 Å². The summed E-state index contributed by atoms with van der Waals surface area (Å²) in [6.07, 6.45) is 0. The van der Waals surface area contributed by atoms with E-state index in [0.29, 0.717) is 5.75 Å². The molecule has 2 aromatic heterocycles. The lowest BCUT2D eigenvalue weighted by Crippen LogP contribution is -2.24. The third-order valence-electron chi connectivity index (χ3n) is 4.30. The standard InChI is InChI=1S/C19H15F2N5O2/c1-28-14-9-7-12(8-10-14)11-26-16-15(24-25-26)17(27)23-18(22-16)19(20,21)13-5-3-2-4-6-13/h2-10H,11H2,1H3,(H,22,23,27). The molecule has 2 aromatic carbocycles. The molecular formula is C19H15F2N5O2. The predicted molar refractivity (Wildman–Crippen MR) is 97.5 cm³/mol. The summed E-state index contributed by atoms with van der Waals surface area (Å²) in [5.41, 5.74) is -0.319. The summed E-state index contributed by atoms with van der Waals surface area (Å²) < 4.78 is 36.1. The van der Waals surface area contributed by atoms with Crippen LogP contribution in [0.3, 0.4) is 0 Å². The molecule has 0 unspecified atom stereocenters. The minimum atomic E-state index is -3.47. The first-order valence-corrected chi connectivity index (χ1v) is 8.39. The van der Waals surface area contributed by atoms with E-state index in [1.807, 2.05) is 0 Å². The van der Waals surface area contributed by atoms with Gasteiger partial charge in [-0.3, -0.25) is 4.79 Å². The van der Waals surface area contributed by atoms with Crippen molar-refractivity contribution in [2.24, 2.45) is 0 Å². The molecule has 4 aromatic rings. The van der Waals surface area contributed by atoms with E-state index in [9.17, 15) is 13.6 Å². The molecule has 0 aliphatic carbocycles. The number of rotatable bonds is 5. The van der Waals surface area contributed by atoms with Crippen molar-refractivity contribution < 1.29 is 13.5 Å². The SMILES string of the molecule is COc1ccc(Cn2nnc3c(=O)[nH]c(C(F)(F)c4ccccc4)nc32)cc1. The average Bonchev–Trinajstić information content (AvgIpc) is 3.12. The highest BCUT2D eigenvalue weighted by atomic mass is 19.3. The van der Waals surface area contributed by atoms with Crippen molar-refractivity contribution >= 4 is 11.2 Å². The number of fused-ring (bicyclic) bond motifs is 1. The number of hydrogen-bond acceptors (Lipinski definition) is 5. The van der Waals surface area contributed by atoms with Crippen LogP contribution in [0.1, 0.15) is 17.0 Å². The van der Waals surface area contributed by atoms with E-state index in [1.54, 1.807) is 37.4 Å². The number of H-pyrrole nitrogens is 1. The first-order valence-electron chi connectivity index (χ1n) is 8.39. The maximum atomic E-state index is 14.8. The topological polar surface area (TPSA) is 85.7 Å². The number of methoxy groups -OCH3 is 1. The van der Waals surface area contributed by atoms with Crippen molar-refractivity contribution in [1.82, 2.24) is 25.0 Å². The Morgan fingerprint density at radius 3 is 2.50 bits per heavy atom. The first-order chi connectivity index (χ1) is 13.5. The van der Waals surface area contributed by atoms with E-state index in [1.165, 1.54) is 28.9 Å². The number of nitrogens with zero attached hydrogens (tertiary/aromatic N) is 4. The van der Waals surface area contributed by atoms with Gasteiger partial charge in [0, 0.05) is 5.56 Å². The Kier molecular flexibility index (Phi) is 4.34. The van der Waals surface area contributed by atoms with Crippen molar-refractivity contribution in [2.45, 2.75) is 12.5 Å². The molecule has 0 aliphatic rings. The molecule has 0 atom stereocenters. The van der Waals surface area contributed by atoms with Gasteiger partial charge < -0.3 is 9.72 Å². The highest BCUT2D eigenvalue weighted by Gasteiger charge is 2.37. The fourth-order valence-corrected chi connectivity index (χ4v) is 2.81. The predicted octanol–water partition coefficient (Wildman–Crippen LogP) is 2.71. The number of aromatic nitrogens is 5. The molecule has 4 rings (SSSR count). The van der Waals surface area contributed by atoms with E-state index in [4.69, 9.17) is 4.74 Å². The summed E-state index contributed by atoms with van der Waals surface area (Å²) in [4.78, 5) is 18.4. The monoisotopic (exact) mass is 383 g/mol. The Labute approximate surface area is 157 Å². The number of benzene rings is 2. The second-order valence-corrected chi connectivity index (χ2v) is 6.12. The van der Waals surface area contributed by atoms with Crippen LogP contribution in [0.2, 0.25) is 0 Å². The molecule has 0 amide bonds. The summed E-state index contributed by atoms with van der Waals surface area (Å²) in [6, 6.07) is 14.3. The summed E-state index contributed by atoms with van der Waals surface area (Å²) in [7, 11) is 1.56. The number of nitrogens with one attached hydrogen (secondary N) is 1. The molecule has 28 heavy (non-hydrogen) atoms. The van der Waals surface area contributed by atoms with Gasteiger partial charge >= 0.3 is 5.92 Å². The Morgan fingerprint density at radius 2 is 1.82 bits per heavy atom. The van der Waals surface area contributed by atoms with Gasteiger partial charge in [-0.2, -0.15) is 8.78 Å². The minimum absolute atomic E-state index is 0.00910. The molecule has 1 N–H and O–H groups in total. The van der Waals surface area contributed by atoms with Gasteiger partial charge in [0.2, 0.25) is 0 Å². The third kappa shape index (κ3) is 3.11. The van der Waals surface area contributed by atoms with Gasteiger partial charge in [-0.1, -0.05) is 47.7 Å². The van der Waals surface area contributed by atoms with Gasteiger partial charge in [-0.15, -0.1) is 5.10 Å². The second kappa shape index (κ2) is 6.84. The zero-order valence-electron chi connectivity index (χ0n) is 14.8. The maximum Gasteiger partial charge on any atom is 0.330 e. The zero-order chi connectivity index (χ0) is 19.7. The normalized spacial score (nSPS) is 11.7. The largest absolute Gasteiger partial charge is 0.497 e. The van der Waals surface area contributed by atoms with Crippen LogP contribution in [0.25, 0.3) is 11.2 Å². The lowest BCUT2D eigenvalue weighted by molar-refractivity contribution is 0.0329. The number of aromatic amines is 1. The van der Waals surface area contributed by atoms with Gasteiger partial charge in [0.25, 0.3) is 5.56 Å². The molecule has 2 heterocycles. The molecule has 0 spiro atoms. The van der Waals surface area contributed by atoms with Crippen molar-refractivity contribution in [3.8, 4) is 5.75 Å². The van der Waals surface area contributed by atoms with Crippen molar-refractivity contribution in [3.63, 3.8) is 0 Å². The summed E-state index contributed by atoms with van der Waals surface area (Å²) >= 11 is 0. The smallest absolute Gasteiger partial charge is 0.330 e. The van der Waals surface area contributed by atoms with E-state index in [2.05, 4.69) is 20.3 Å². The lowest BCUT2D eigenvalue weighted by atomic mass is 10.1. The highest BCUT2D eigenvalue weighted by Crippen LogP contribution is 2.33. The van der Waals surface area contributed by atoms with Gasteiger partial charge in [-0.05, 0) is 17.7 Å². The fraction of sp³-hybridized carbons (Fsp3) is 0.158. The summed E-state index contributed by atoms with van der Waals surface area (Å²) in [6.45, 7) is 0.216. The number of halogens is 2. The third-order valence-corrected chi connectivity index (χ3v) is 4.30. The van der Waals surface area contributed by atoms with Crippen LogP contribution in [0.15, 0.2) is 59.4 Å². The molecule has 0 radical (unpaired) electrons. The second-order valence-electron chi connectivity index (χ2n) is 6.12. The fourth-order valence-electron chi connectivity index (χ4n) is 2.81. The Hall–Kier alpha value is -3.62. The molecular weight excluding hydrogens is 368 g/mol. The Morgan fingerprint density at radius 1 is 1.11 bits per heavy atom. The van der Waals surface area contributed by atoms with Crippen LogP contribution in [-0.4, -0.2) is 32.1 Å². The number of alkyl halides is 2. The van der Waals surface area contributed by atoms with Crippen LogP contribution < -0.4 is 10.3 Å². The molecule has 0 saturated heterocycles. The molecule has 7 nitrogen and oxygen atoms in total. The van der Waals surface area contributed by atoms with Crippen LogP contribution in [-0.2, 0) is 12.5 Å². The number of hydrogen-bond donors (Lipinski definition) is 1. The Bertz CT molecular complexity index is 1170. The van der Waals surface area contributed by atoms with Crippen molar-refractivity contribution in [1.29, 1.82) is 0 Å². The van der Waals surface area contributed by atoms with E-state index in [0.717, 1.165) is 5.56 Å². The molecule has 0 fully saturated rings. The van der Waals surface area contributed by atoms with Crippen LogP contribution in [0, 0.1) is 0 Å². The zero-order valence-corrected chi connectivity index (χ0v) is 14.8. The van der Waals surface area contributed by atoms with Crippen LogP contribution in [0.4, 0.5) is 8.78 Å². The van der Waals surface area contributed by atoms with Crippen molar-refractivity contribution in [2.75, 3.05) is 7.11 Å². The lowest BCUT2D eigenvalue weighted by Gasteiger charge is -2.15. The van der Waals surface area contributed by atoms with Gasteiger partial charge in [-0.25, -0.2) is 9.67 Å². The molecule has 9 heteroatoms. The van der Waals surface area contributed by atoms with E-state index in [-0.39, 0.29) is 23.3 Å². The first kappa shape index (κ1) is 17.8. The number of ether oxygens (including phenoxy) is 1. The van der Waals surface area contributed by atoms with Crippen LogP contribution >= 0.6 is 0 Å². The molecule has 0 saturated carbocycles. The molecule has 142 valence electrons. The van der Waals surface area contributed by atoms with E-state index < -0.39 is 17.3 Å². The average molecular weight is 383 g/mol. The summed E-state index contributed by atoms with van der Waals surface area (Å²) in [5, 5.41) is 7.68. The summed E-state index contributed by atoms with van der Waals surface area (Å²) in [5.74, 6) is -3.54. The van der Waals surface area contributed by atoms with Gasteiger partial charge in [0.1, 0.15) is 5.75 Å². The minimum Gasteiger partial charge on any atom is -0.497 e. The molecule has 0 aliphatic heterocycles. The van der Waals surface area contributed by atoms with E-state index >= 15 is 0 Å². The highest BCUT2D eigenvalue weighted by molar-refractivity contribution is 5.68.